The number of carbonyl (C=O) groups is 1. The Bertz CT molecular complexity index is 833. The van der Waals surface area contributed by atoms with Crippen LogP contribution in [0.5, 0.6) is 0 Å². The maximum atomic E-state index is 12.3. The molecule has 0 atom stereocenters. The standard InChI is InChI=1S/C16H20N2O3S2/c1-10-6-7-13(9-15(10)23(20,21)18(4)5)17-16(19)14-8-11(2)12(3)22-14/h6-9H,1-5H3,(H,17,19). The molecule has 0 aliphatic heterocycles. The molecule has 0 spiro atoms. The maximum Gasteiger partial charge on any atom is 0.265 e. The monoisotopic (exact) mass is 352 g/mol. The first-order valence-corrected chi connectivity index (χ1v) is 9.30. The third-order valence-corrected chi connectivity index (χ3v) is 6.70. The van der Waals surface area contributed by atoms with Gasteiger partial charge < -0.3 is 5.32 Å². The normalized spacial score (nSPS) is 11.7. The van der Waals surface area contributed by atoms with Crippen molar-refractivity contribution in [3.8, 4) is 0 Å². The minimum absolute atomic E-state index is 0.193. The van der Waals surface area contributed by atoms with Crippen molar-refractivity contribution in [1.29, 1.82) is 0 Å². The van der Waals surface area contributed by atoms with Gasteiger partial charge in [-0.2, -0.15) is 0 Å². The Kier molecular flexibility index (Phi) is 4.93. The quantitative estimate of drug-likeness (QED) is 0.919. The molecular formula is C16H20N2O3S2. The molecule has 1 N–H and O–H groups in total. The Hall–Kier alpha value is -1.70. The smallest absolute Gasteiger partial charge is 0.265 e. The number of sulfonamides is 1. The van der Waals surface area contributed by atoms with Gasteiger partial charge in [-0.25, -0.2) is 12.7 Å². The van der Waals surface area contributed by atoms with E-state index in [1.807, 2.05) is 19.9 Å². The van der Waals surface area contributed by atoms with Crippen LogP contribution in [0.1, 0.15) is 25.7 Å². The first kappa shape index (κ1) is 17.7. The van der Waals surface area contributed by atoms with Crippen molar-refractivity contribution in [2.24, 2.45) is 0 Å². The Morgan fingerprint density at radius 2 is 1.74 bits per heavy atom. The van der Waals surface area contributed by atoms with Crippen molar-refractivity contribution in [2.45, 2.75) is 25.7 Å². The average Bonchev–Trinajstić information content (AvgIpc) is 2.80. The number of nitrogens with zero attached hydrogens (tertiary/aromatic N) is 1. The summed E-state index contributed by atoms with van der Waals surface area (Å²) in [5, 5.41) is 2.77. The maximum absolute atomic E-state index is 12.3. The largest absolute Gasteiger partial charge is 0.321 e. The Labute approximate surface area is 141 Å². The van der Waals surface area contributed by atoms with Crippen LogP contribution in [-0.4, -0.2) is 32.7 Å². The van der Waals surface area contributed by atoms with Crippen LogP contribution in [0.2, 0.25) is 0 Å². The summed E-state index contributed by atoms with van der Waals surface area (Å²) in [7, 11) is -0.582. The van der Waals surface area contributed by atoms with E-state index in [0.29, 0.717) is 16.1 Å². The molecule has 1 amide bonds. The van der Waals surface area contributed by atoms with Crippen molar-refractivity contribution in [3.63, 3.8) is 0 Å². The molecule has 0 aliphatic carbocycles. The topological polar surface area (TPSA) is 66.5 Å². The fraction of sp³-hybridized carbons (Fsp3) is 0.312. The molecule has 0 unspecified atom stereocenters. The lowest BCUT2D eigenvalue weighted by molar-refractivity contribution is 0.103. The number of nitrogens with one attached hydrogen (secondary N) is 1. The fourth-order valence-corrected chi connectivity index (χ4v) is 4.10. The van der Waals surface area contributed by atoms with Gasteiger partial charge in [-0.05, 0) is 50.1 Å². The highest BCUT2D eigenvalue weighted by Crippen LogP contribution is 2.25. The molecule has 0 saturated carbocycles. The van der Waals surface area contributed by atoms with Crippen LogP contribution in [0, 0.1) is 20.8 Å². The first-order chi connectivity index (χ1) is 10.6. The summed E-state index contributed by atoms with van der Waals surface area (Å²) in [5.41, 5.74) is 2.17. The summed E-state index contributed by atoms with van der Waals surface area (Å²) in [6.07, 6.45) is 0. The van der Waals surface area contributed by atoms with Gasteiger partial charge in [-0.1, -0.05) is 6.07 Å². The van der Waals surface area contributed by atoms with Gasteiger partial charge in [0.1, 0.15) is 0 Å². The van der Waals surface area contributed by atoms with Crippen LogP contribution in [0.3, 0.4) is 0 Å². The van der Waals surface area contributed by atoms with Crippen molar-refractivity contribution >= 4 is 33.0 Å². The first-order valence-electron chi connectivity index (χ1n) is 7.04. The van der Waals surface area contributed by atoms with E-state index in [1.165, 1.54) is 31.5 Å². The lowest BCUT2D eigenvalue weighted by Gasteiger charge is -2.15. The molecule has 0 fully saturated rings. The van der Waals surface area contributed by atoms with E-state index in [2.05, 4.69) is 5.32 Å². The van der Waals surface area contributed by atoms with Gasteiger partial charge in [0.15, 0.2) is 0 Å². The molecule has 124 valence electrons. The van der Waals surface area contributed by atoms with Gasteiger partial charge in [-0.3, -0.25) is 4.79 Å². The molecule has 2 aromatic rings. The average molecular weight is 352 g/mol. The highest BCUT2D eigenvalue weighted by Gasteiger charge is 2.20. The van der Waals surface area contributed by atoms with Gasteiger partial charge in [0.05, 0.1) is 9.77 Å². The summed E-state index contributed by atoms with van der Waals surface area (Å²) in [4.78, 5) is 14.2. The molecule has 1 aromatic heterocycles. The third kappa shape index (κ3) is 3.63. The number of aryl methyl sites for hydroxylation is 3. The van der Waals surface area contributed by atoms with Crippen LogP contribution in [0.4, 0.5) is 5.69 Å². The molecule has 1 heterocycles. The van der Waals surface area contributed by atoms with Crippen LogP contribution in [-0.2, 0) is 10.0 Å². The van der Waals surface area contributed by atoms with E-state index in [-0.39, 0.29) is 10.8 Å². The van der Waals surface area contributed by atoms with Crippen LogP contribution in [0.25, 0.3) is 0 Å². The Morgan fingerprint density at radius 1 is 1.09 bits per heavy atom. The third-order valence-electron chi connectivity index (χ3n) is 3.59. The van der Waals surface area contributed by atoms with Gasteiger partial charge >= 0.3 is 0 Å². The number of benzene rings is 1. The number of thiophene rings is 1. The molecule has 0 aliphatic rings. The van der Waals surface area contributed by atoms with Crippen LogP contribution in [0.15, 0.2) is 29.2 Å². The predicted octanol–water partition coefficient (Wildman–Crippen LogP) is 3.18. The molecule has 1 aromatic carbocycles. The van der Waals surface area contributed by atoms with E-state index in [4.69, 9.17) is 0 Å². The number of hydrogen-bond donors (Lipinski definition) is 1. The number of rotatable bonds is 4. The highest BCUT2D eigenvalue weighted by atomic mass is 32.2. The number of anilines is 1. The van der Waals surface area contributed by atoms with E-state index in [1.54, 1.807) is 19.1 Å². The lowest BCUT2D eigenvalue weighted by atomic mass is 10.2. The number of carbonyl (C=O) groups excluding carboxylic acids is 1. The number of amides is 1. The highest BCUT2D eigenvalue weighted by molar-refractivity contribution is 7.89. The molecule has 0 saturated heterocycles. The zero-order chi connectivity index (χ0) is 17.4. The second-order valence-corrected chi connectivity index (χ2v) is 8.95. The van der Waals surface area contributed by atoms with Crippen LogP contribution >= 0.6 is 11.3 Å². The lowest BCUT2D eigenvalue weighted by Crippen LogP contribution is -2.23. The van der Waals surface area contributed by atoms with Crippen LogP contribution < -0.4 is 5.32 Å². The predicted molar refractivity (Wildman–Crippen MR) is 93.8 cm³/mol. The van der Waals surface area contributed by atoms with Crippen molar-refractivity contribution in [3.05, 3.63) is 45.1 Å². The van der Waals surface area contributed by atoms with Crippen molar-refractivity contribution in [2.75, 3.05) is 19.4 Å². The second-order valence-electron chi connectivity index (χ2n) is 5.57. The minimum atomic E-state index is -3.55. The molecular weight excluding hydrogens is 332 g/mol. The van der Waals surface area contributed by atoms with Gasteiger partial charge in [0, 0.05) is 24.7 Å². The van der Waals surface area contributed by atoms with Crippen molar-refractivity contribution in [1.82, 2.24) is 4.31 Å². The Balaban J connectivity index is 2.33. The summed E-state index contributed by atoms with van der Waals surface area (Å²) >= 11 is 1.42. The second kappa shape index (κ2) is 6.43. The summed E-state index contributed by atoms with van der Waals surface area (Å²) in [5.74, 6) is -0.233. The fourth-order valence-electron chi connectivity index (χ4n) is 2.03. The van der Waals surface area contributed by atoms with Crippen molar-refractivity contribution < 1.29 is 13.2 Å². The summed E-state index contributed by atoms with van der Waals surface area (Å²) < 4.78 is 25.8. The summed E-state index contributed by atoms with van der Waals surface area (Å²) in [6, 6.07) is 6.73. The Morgan fingerprint density at radius 3 is 2.26 bits per heavy atom. The molecule has 0 radical (unpaired) electrons. The molecule has 0 bridgehead atoms. The molecule has 23 heavy (non-hydrogen) atoms. The van der Waals surface area contributed by atoms with Gasteiger partial charge in [0.25, 0.3) is 5.91 Å². The zero-order valence-electron chi connectivity index (χ0n) is 13.8. The zero-order valence-corrected chi connectivity index (χ0v) is 15.4. The molecule has 7 heteroatoms. The van der Waals surface area contributed by atoms with E-state index < -0.39 is 10.0 Å². The van der Waals surface area contributed by atoms with Gasteiger partial charge in [-0.15, -0.1) is 11.3 Å². The number of hydrogen-bond acceptors (Lipinski definition) is 4. The van der Waals surface area contributed by atoms with E-state index in [0.717, 1.165) is 14.7 Å². The van der Waals surface area contributed by atoms with Gasteiger partial charge in [0.2, 0.25) is 10.0 Å². The van der Waals surface area contributed by atoms with E-state index >= 15 is 0 Å². The molecule has 2 rings (SSSR count). The molecule has 5 nitrogen and oxygen atoms in total. The summed E-state index contributed by atoms with van der Waals surface area (Å²) in [6.45, 7) is 5.65. The minimum Gasteiger partial charge on any atom is -0.321 e. The van der Waals surface area contributed by atoms with E-state index in [9.17, 15) is 13.2 Å². The SMILES string of the molecule is Cc1ccc(NC(=O)c2cc(C)c(C)s2)cc1S(=O)(=O)N(C)C.